The number of carbonyl (C=O) groups excluding carboxylic acids is 1. The molecule has 3 nitrogen and oxygen atoms in total. The number of nitrogens with two attached hydrogens (primary N) is 1. The van der Waals surface area contributed by atoms with Gasteiger partial charge in [-0.15, -0.1) is 0 Å². The quantitative estimate of drug-likeness (QED) is 0.839. The Balaban J connectivity index is 2.12. The molecule has 16 heavy (non-hydrogen) atoms. The maximum Gasteiger partial charge on any atom is 0.224 e. The Kier molecular flexibility index (Phi) is 3.57. The van der Waals surface area contributed by atoms with E-state index >= 15 is 0 Å². The Bertz CT molecular complexity index is 350. The zero-order valence-electron chi connectivity index (χ0n) is 9.43. The summed E-state index contributed by atoms with van der Waals surface area (Å²) in [6.07, 6.45) is 2.62. The average molecular weight is 218 g/mol. The fourth-order valence-electron chi connectivity index (χ4n) is 2.35. The second kappa shape index (κ2) is 5.12. The van der Waals surface area contributed by atoms with Gasteiger partial charge in [-0.3, -0.25) is 4.79 Å². The molecule has 0 radical (unpaired) electrons. The van der Waals surface area contributed by atoms with Crippen molar-refractivity contribution < 1.29 is 4.79 Å². The minimum absolute atomic E-state index is 0.189. The highest BCUT2D eigenvalue weighted by Crippen LogP contribution is 2.31. The summed E-state index contributed by atoms with van der Waals surface area (Å²) in [6, 6.07) is 10.5. The van der Waals surface area contributed by atoms with Crippen LogP contribution in [0, 0.1) is 0 Å². The Morgan fingerprint density at radius 1 is 1.38 bits per heavy atom. The molecule has 1 saturated heterocycles. The molecule has 0 aromatic heterocycles. The molecule has 2 N–H and O–H groups in total. The summed E-state index contributed by atoms with van der Waals surface area (Å²) in [4.78, 5) is 13.8. The Morgan fingerprint density at radius 3 is 2.81 bits per heavy atom. The Morgan fingerprint density at radius 2 is 2.12 bits per heavy atom. The van der Waals surface area contributed by atoms with Crippen molar-refractivity contribution in [3.05, 3.63) is 35.9 Å². The first-order chi connectivity index (χ1) is 7.83. The molecule has 1 aliphatic rings. The highest BCUT2D eigenvalue weighted by Gasteiger charge is 2.28. The molecule has 0 aliphatic carbocycles. The number of rotatable bonds is 3. The number of carbonyl (C=O) groups is 1. The smallest absolute Gasteiger partial charge is 0.224 e. The van der Waals surface area contributed by atoms with Gasteiger partial charge in [0.2, 0.25) is 5.91 Å². The summed E-state index contributed by atoms with van der Waals surface area (Å²) in [5.74, 6) is 0.189. The van der Waals surface area contributed by atoms with Crippen molar-refractivity contribution in [2.75, 3.05) is 13.1 Å². The van der Waals surface area contributed by atoms with Crippen LogP contribution in [0.15, 0.2) is 30.3 Å². The lowest BCUT2D eigenvalue weighted by atomic mass is 10.0. The van der Waals surface area contributed by atoms with Crippen LogP contribution >= 0.6 is 0 Å². The van der Waals surface area contributed by atoms with Gasteiger partial charge in [0.15, 0.2) is 0 Å². The van der Waals surface area contributed by atoms with Gasteiger partial charge in [-0.2, -0.15) is 0 Å². The largest absolute Gasteiger partial charge is 0.336 e. The number of hydrogen-bond donors (Lipinski definition) is 1. The molecule has 0 spiro atoms. The van der Waals surface area contributed by atoms with E-state index in [0.29, 0.717) is 13.0 Å². The molecule has 1 fully saturated rings. The maximum atomic E-state index is 11.9. The molecule has 1 amide bonds. The molecule has 1 heterocycles. The Labute approximate surface area is 96.2 Å². The number of amides is 1. The molecule has 1 atom stereocenters. The fourth-order valence-corrected chi connectivity index (χ4v) is 2.35. The zero-order chi connectivity index (χ0) is 11.4. The van der Waals surface area contributed by atoms with E-state index in [0.717, 1.165) is 19.4 Å². The molecular formula is C13H18N2O. The van der Waals surface area contributed by atoms with Crippen molar-refractivity contribution >= 4 is 5.91 Å². The number of hydrogen-bond acceptors (Lipinski definition) is 2. The predicted octanol–water partition coefficient (Wildman–Crippen LogP) is 1.70. The van der Waals surface area contributed by atoms with E-state index in [4.69, 9.17) is 5.73 Å². The fraction of sp³-hybridized carbons (Fsp3) is 0.462. The molecular weight excluding hydrogens is 200 g/mol. The highest BCUT2D eigenvalue weighted by molar-refractivity contribution is 5.77. The van der Waals surface area contributed by atoms with Crippen LogP contribution in [0.1, 0.15) is 30.9 Å². The molecule has 0 bridgehead atoms. The van der Waals surface area contributed by atoms with Crippen LogP contribution in [0.3, 0.4) is 0 Å². The molecule has 1 aromatic carbocycles. The van der Waals surface area contributed by atoms with Gasteiger partial charge < -0.3 is 10.6 Å². The first-order valence-electron chi connectivity index (χ1n) is 5.87. The van der Waals surface area contributed by atoms with Crippen LogP contribution in [-0.4, -0.2) is 23.9 Å². The van der Waals surface area contributed by atoms with Gasteiger partial charge >= 0.3 is 0 Å². The van der Waals surface area contributed by atoms with E-state index in [9.17, 15) is 4.79 Å². The minimum atomic E-state index is 0.189. The topological polar surface area (TPSA) is 46.3 Å². The van der Waals surface area contributed by atoms with E-state index in [1.165, 1.54) is 5.56 Å². The summed E-state index contributed by atoms with van der Waals surface area (Å²) in [5, 5.41) is 0. The second-order valence-electron chi connectivity index (χ2n) is 4.19. The van der Waals surface area contributed by atoms with Crippen molar-refractivity contribution in [1.29, 1.82) is 0 Å². The SMILES string of the molecule is NCCC(=O)N1CCCC1c1ccccc1. The molecule has 2 rings (SSSR count). The van der Waals surface area contributed by atoms with Crippen LogP contribution in [0.5, 0.6) is 0 Å². The average Bonchev–Trinajstić information content (AvgIpc) is 2.79. The van der Waals surface area contributed by atoms with Crippen LogP contribution in [-0.2, 0) is 4.79 Å². The third-order valence-electron chi connectivity index (χ3n) is 3.12. The van der Waals surface area contributed by atoms with Crippen LogP contribution in [0.4, 0.5) is 0 Å². The van der Waals surface area contributed by atoms with Crippen molar-refractivity contribution in [3.8, 4) is 0 Å². The summed E-state index contributed by atoms with van der Waals surface area (Å²) < 4.78 is 0. The second-order valence-corrected chi connectivity index (χ2v) is 4.19. The standard InChI is InChI=1S/C13H18N2O/c14-9-8-13(16)15-10-4-7-12(15)11-5-2-1-3-6-11/h1-3,5-6,12H,4,7-10,14H2. The molecule has 1 unspecified atom stereocenters. The maximum absolute atomic E-state index is 11.9. The highest BCUT2D eigenvalue weighted by atomic mass is 16.2. The third kappa shape index (κ3) is 2.25. The monoisotopic (exact) mass is 218 g/mol. The summed E-state index contributed by atoms with van der Waals surface area (Å²) in [5.41, 5.74) is 6.67. The van der Waals surface area contributed by atoms with Gasteiger partial charge in [0.25, 0.3) is 0 Å². The molecule has 86 valence electrons. The van der Waals surface area contributed by atoms with E-state index < -0.39 is 0 Å². The molecule has 1 aliphatic heterocycles. The lowest BCUT2D eigenvalue weighted by Crippen LogP contribution is -2.31. The van der Waals surface area contributed by atoms with Gasteiger partial charge in [0, 0.05) is 19.5 Å². The number of nitrogens with zero attached hydrogens (tertiary/aromatic N) is 1. The van der Waals surface area contributed by atoms with E-state index in [1.807, 2.05) is 23.1 Å². The van der Waals surface area contributed by atoms with Gasteiger partial charge in [-0.05, 0) is 18.4 Å². The van der Waals surface area contributed by atoms with Crippen molar-refractivity contribution in [2.45, 2.75) is 25.3 Å². The lowest BCUT2D eigenvalue weighted by Gasteiger charge is -2.25. The number of likely N-dealkylation sites (tertiary alicyclic amines) is 1. The predicted molar refractivity (Wildman–Crippen MR) is 63.8 cm³/mol. The van der Waals surface area contributed by atoms with E-state index in [1.54, 1.807) is 0 Å². The van der Waals surface area contributed by atoms with Crippen molar-refractivity contribution in [3.63, 3.8) is 0 Å². The van der Waals surface area contributed by atoms with Crippen LogP contribution < -0.4 is 5.73 Å². The number of benzene rings is 1. The van der Waals surface area contributed by atoms with E-state index in [2.05, 4.69) is 12.1 Å². The summed E-state index contributed by atoms with van der Waals surface area (Å²) in [6.45, 7) is 1.31. The third-order valence-corrected chi connectivity index (χ3v) is 3.12. The van der Waals surface area contributed by atoms with Gasteiger partial charge in [0.05, 0.1) is 6.04 Å². The first-order valence-corrected chi connectivity index (χ1v) is 5.87. The lowest BCUT2D eigenvalue weighted by molar-refractivity contribution is -0.131. The van der Waals surface area contributed by atoms with Gasteiger partial charge in [-0.1, -0.05) is 30.3 Å². The zero-order valence-corrected chi connectivity index (χ0v) is 9.43. The Hall–Kier alpha value is -1.35. The molecule has 3 heteroatoms. The van der Waals surface area contributed by atoms with Crippen LogP contribution in [0.25, 0.3) is 0 Å². The van der Waals surface area contributed by atoms with Crippen LogP contribution in [0.2, 0.25) is 0 Å². The van der Waals surface area contributed by atoms with Crippen molar-refractivity contribution in [1.82, 2.24) is 4.90 Å². The molecule has 0 saturated carbocycles. The van der Waals surface area contributed by atoms with Gasteiger partial charge in [-0.25, -0.2) is 0 Å². The normalized spacial score (nSPS) is 20.1. The minimum Gasteiger partial charge on any atom is -0.336 e. The summed E-state index contributed by atoms with van der Waals surface area (Å²) in [7, 11) is 0. The van der Waals surface area contributed by atoms with E-state index in [-0.39, 0.29) is 11.9 Å². The first kappa shape index (κ1) is 11.1. The van der Waals surface area contributed by atoms with Gasteiger partial charge in [0.1, 0.15) is 0 Å². The summed E-state index contributed by atoms with van der Waals surface area (Å²) >= 11 is 0. The molecule has 1 aromatic rings. The van der Waals surface area contributed by atoms with Crippen molar-refractivity contribution in [2.24, 2.45) is 5.73 Å².